The second-order valence-corrected chi connectivity index (χ2v) is 7.01. The average molecular weight is 416 g/mol. The molecule has 2 aromatic carbocycles. The van der Waals surface area contributed by atoms with Crippen molar-refractivity contribution in [2.75, 3.05) is 18.5 Å². The maximum Gasteiger partial charge on any atom is 0.419 e. The predicted octanol–water partition coefficient (Wildman–Crippen LogP) is 2.18. The first-order valence-corrected chi connectivity index (χ1v) is 9.42. The Bertz CT molecular complexity index is 1150. The van der Waals surface area contributed by atoms with Gasteiger partial charge in [0.2, 0.25) is 5.91 Å². The molecule has 1 aliphatic rings. The van der Waals surface area contributed by atoms with Gasteiger partial charge in [0.15, 0.2) is 11.7 Å². The number of likely N-dealkylation sites (N-methyl/N-ethyl adjacent to an activating group) is 1. The molecule has 0 radical (unpaired) electrons. The summed E-state index contributed by atoms with van der Waals surface area (Å²) in [6.45, 7) is 0.225. The lowest BCUT2D eigenvalue weighted by Crippen LogP contribution is -2.50. The van der Waals surface area contributed by atoms with Gasteiger partial charge in [-0.05, 0) is 24.3 Å². The smallest absolute Gasteiger partial charge is 0.419 e. The van der Waals surface area contributed by atoms with Gasteiger partial charge in [0.1, 0.15) is 5.75 Å². The number of carbonyl (C=O) groups excluding carboxylic acids is 2. The molecule has 0 fully saturated rings. The van der Waals surface area contributed by atoms with E-state index in [1.54, 1.807) is 42.5 Å². The average Bonchev–Trinajstić information content (AvgIpc) is 3.04. The molecule has 8 nitrogen and oxygen atoms in total. The summed E-state index contributed by atoms with van der Waals surface area (Å²) in [6, 6.07) is 11.9. The number of amides is 2. The number of aryl methyl sites for hydroxylation is 1. The molecule has 0 spiro atoms. The highest BCUT2D eigenvalue weighted by atomic mass is 35.5. The second-order valence-electron chi connectivity index (χ2n) is 6.57. The first-order chi connectivity index (χ1) is 14.0. The second kappa shape index (κ2) is 7.63. The van der Waals surface area contributed by atoms with Gasteiger partial charge in [0.05, 0.1) is 17.7 Å². The summed E-state index contributed by atoms with van der Waals surface area (Å²) in [4.78, 5) is 38.7. The molecule has 1 N–H and O–H groups in total. The summed E-state index contributed by atoms with van der Waals surface area (Å²) in [5, 5.41) is 3.00. The Labute approximate surface area is 170 Å². The van der Waals surface area contributed by atoms with Crippen molar-refractivity contribution in [2.24, 2.45) is 0 Å². The number of nitrogens with one attached hydrogen (secondary N) is 1. The van der Waals surface area contributed by atoms with Crippen molar-refractivity contribution in [1.29, 1.82) is 0 Å². The molecule has 3 aromatic rings. The van der Waals surface area contributed by atoms with Gasteiger partial charge in [-0.25, -0.2) is 4.79 Å². The van der Waals surface area contributed by atoms with Crippen LogP contribution < -0.4 is 20.7 Å². The predicted molar refractivity (Wildman–Crippen MR) is 107 cm³/mol. The number of fused-ring (bicyclic) bond motifs is 2. The van der Waals surface area contributed by atoms with Gasteiger partial charge in [-0.2, -0.15) is 0 Å². The number of halogens is 1. The summed E-state index contributed by atoms with van der Waals surface area (Å²) >= 11 is 5.93. The Kier molecular flexibility index (Phi) is 5.02. The lowest BCUT2D eigenvalue weighted by atomic mass is 10.1. The lowest BCUT2D eigenvalue weighted by Gasteiger charge is -2.34. The fourth-order valence-electron chi connectivity index (χ4n) is 3.36. The van der Waals surface area contributed by atoms with Crippen molar-refractivity contribution >= 4 is 40.2 Å². The number of rotatable bonds is 4. The van der Waals surface area contributed by atoms with Crippen LogP contribution in [0.4, 0.5) is 5.69 Å². The molecule has 1 aromatic heterocycles. The van der Waals surface area contributed by atoms with Gasteiger partial charge in [0.25, 0.3) is 5.91 Å². The maximum atomic E-state index is 13.0. The molecule has 0 bridgehead atoms. The third-order valence-corrected chi connectivity index (χ3v) is 5.03. The third kappa shape index (κ3) is 3.58. The molecule has 1 atom stereocenters. The Hall–Kier alpha value is -3.26. The van der Waals surface area contributed by atoms with Crippen LogP contribution in [0.1, 0.15) is 6.42 Å². The van der Waals surface area contributed by atoms with Crippen molar-refractivity contribution in [3.05, 3.63) is 58.0 Å². The highest BCUT2D eigenvalue weighted by Gasteiger charge is 2.33. The number of ether oxygens (including phenoxy) is 1. The number of hydrogen-bond donors (Lipinski definition) is 1. The van der Waals surface area contributed by atoms with E-state index in [-0.39, 0.29) is 31.3 Å². The van der Waals surface area contributed by atoms with Crippen LogP contribution in [-0.4, -0.2) is 36.1 Å². The number of hydrogen-bond acceptors (Lipinski definition) is 5. The van der Waals surface area contributed by atoms with E-state index in [9.17, 15) is 14.4 Å². The van der Waals surface area contributed by atoms with Crippen molar-refractivity contribution < 1.29 is 18.7 Å². The van der Waals surface area contributed by atoms with Crippen LogP contribution >= 0.6 is 11.6 Å². The lowest BCUT2D eigenvalue weighted by molar-refractivity contribution is -0.128. The monoisotopic (exact) mass is 415 g/mol. The molecule has 1 aliphatic heterocycles. The van der Waals surface area contributed by atoms with E-state index in [0.717, 1.165) is 0 Å². The summed E-state index contributed by atoms with van der Waals surface area (Å²) in [7, 11) is 1.51. The number of anilines is 1. The van der Waals surface area contributed by atoms with E-state index in [0.29, 0.717) is 27.6 Å². The van der Waals surface area contributed by atoms with Crippen LogP contribution in [0.5, 0.6) is 5.75 Å². The Morgan fingerprint density at radius 1 is 1.24 bits per heavy atom. The molecule has 9 heteroatoms. The van der Waals surface area contributed by atoms with Crippen LogP contribution in [0.15, 0.2) is 51.7 Å². The first kappa shape index (κ1) is 19.1. The largest absolute Gasteiger partial charge is 0.477 e. The number of para-hydroxylation sites is 2. The fourth-order valence-corrected chi connectivity index (χ4v) is 3.52. The molecular weight excluding hydrogens is 398 g/mol. The number of carbonyl (C=O) groups is 2. The molecule has 0 aliphatic carbocycles. The van der Waals surface area contributed by atoms with E-state index in [1.807, 2.05) is 0 Å². The molecule has 0 saturated heterocycles. The minimum atomic E-state index is -0.807. The van der Waals surface area contributed by atoms with E-state index < -0.39 is 11.9 Å². The Morgan fingerprint density at radius 2 is 2.03 bits per heavy atom. The number of benzene rings is 2. The van der Waals surface area contributed by atoms with Crippen LogP contribution in [0, 0.1) is 0 Å². The zero-order chi connectivity index (χ0) is 20.5. The summed E-state index contributed by atoms with van der Waals surface area (Å²) < 4.78 is 12.3. The summed E-state index contributed by atoms with van der Waals surface area (Å²) in [5.41, 5.74) is 1.53. The van der Waals surface area contributed by atoms with Gasteiger partial charge in [0, 0.05) is 31.1 Å². The number of aromatic nitrogens is 1. The van der Waals surface area contributed by atoms with Gasteiger partial charge in [-0.3, -0.25) is 14.2 Å². The quantitative estimate of drug-likeness (QED) is 0.704. The topological polar surface area (TPSA) is 93.8 Å². The van der Waals surface area contributed by atoms with E-state index in [2.05, 4.69) is 5.32 Å². The summed E-state index contributed by atoms with van der Waals surface area (Å²) in [5.74, 6) is -0.641. The molecule has 2 amide bonds. The molecule has 29 heavy (non-hydrogen) atoms. The summed E-state index contributed by atoms with van der Waals surface area (Å²) in [6.07, 6.45) is -0.759. The zero-order valence-corrected chi connectivity index (χ0v) is 16.3. The molecular formula is C20H18ClN3O5. The molecule has 2 heterocycles. The maximum absolute atomic E-state index is 13.0. The molecule has 0 saturated carbocycles. The highest BCUT2D eigenvalue weighted by Crippen LogP contribution is 2.33. The van der Waals surface area contributed by atoms with Crippen molar-refractivity contribution in [3.8, 4) is 5.75 Å². The van der Waals surface area contributed by atoms with E-state index in [1.165, 1.54) is 16.5 Å². The fraction of sp³-hybridized carbons (Fsp3) is 0.250. The van der Waals surface area contributed by atoms with Crippen LogP contribution in [-0.2, 0) is 16.1 Å². The van der Waals surface area contributed by atoms with Gasteiger partial charge in [-0.1, -0.05) is 23.7 Å². The first-order valence-electron chi connectivity index (χ1n) is 9.04. The molecule has 4 rings (SSSR count). The third-order valence-electron chi connectivity index (χ3n) is 4.79. The van der Waals surface area contributed by atoms with E-state index >= 15 is 0 Å². The van der Waals surface area contributed by atoms with Crippen LogP contribution in [0.25, 0.3) is 11.1 Å². The normalized spacial score (nSPS) is 15.7. The zero-order valence-electron chi connectivity index (χ0n) is 15.6. The molecule has 150 valence electrons. The van der Waals surface area contributed by atoms with Crippen LogP contribution in [0.3, 0.4) is 0 Å². The van der Waals surface area contributed by atoms with Crippen molar-refractivity contribution in [2.45, 2.75) is 19.1 Å². The number of oxazole rings is 1. The van der Waals surface area contributed by atoms with Crippen molar-refractivity contribution in [3.63, 3.8) is 0 Å². The Morgan fingerprint density at radius 3 is 2.83 bits per heavy atom. The van der Waals surface area contributed by atoms with Crippen molar-refractivity contribution in [1.82, 2.24) is 9.88 Å². The van der Waals surface area contributed by atoms with Gasteiger partial charge in [-0.15, -0.1) is 0 Å². The molecule has 0 unspecified atom stereocenters. The van der Waals surface area contributed by atoms with E-state index in [4.69, 9.17) is 20.8 Å². The highest BCUT2D eigenvalue weighted by molar-refractivity contribution is 6.31. The Balaban J connectivity index is 1.57. The van der Waals surface area contributed by atoms with Crippen LogP contribution in [0.2, 0.25) is 5.02 Å². The minimum absolute atomic E-state index is 0.0476. The standard InChI is InChI=1S/C20H18ClN3O5/c1-22-19(26)17-11-24(13-4-2-3-5-15(13)28-17)18(25)8-9-23-14-7-6-12(21)10-16(14)29-20(23)27/h2-7,10,17H,8-9,11H2,1H3,(H,22,26)/t17-/m1/s1. The van der Waals surface area contributed by atoms with Gasteiger partial charge >= 0.3 is 5.76 Å². The minimum Gasteiger partial charge on any atom is -0.477 e. The van der Waals surface area contributed by atoms with Gasteiger partial charge < -0.3 is 19.4 Å². The number of nitrogens with zero attached hydrogens (tertiary/aromatic N) is 2. The SMILES string of the molecule is CNC(=O)[C@H]1CN(C(=O)CCn2c(=O)oc3cc(Cl)ccc32)c2ccccc2O1.